The maximum absolute atomic E-state index is 7.37. The Kier molecular flexibility index (Phi) is 1.91. The molecule has 0 amide bonds. The van der Waals surface area contributed by atoms with Crippen LogP contribution in [0.2, 0.25) is 0 Å². The first kappa shape index (κ1) is 8.93. The highest BCUT2D eigenvalue weighted by Crippen LogP contribution is 2.46. The van der Waals surface area contributed by atoms with E-state index in [1.54, 1.807) is 0 Å². The molecule has 1 aromatic rings. The lowest BCUT2D eigenvalue weighted by Crippen LogP contribution is -2.57. The van der Waals surface area contributed by atoms with Crippen molar-refractivity contribution >= 4 is 5.95 Å². The number of hydrogen-bond acceptors (Lipinski definition) is 4. The standard InChI is InChI=1S/C12H18N4/c13-11-2-5-12(6-3-11,7-4-11)16-10-14-8-1-9-15-10/h1,8-9H,2-7,13H2,(H,14,15,16)/i1D. The molecule has 1 aromatic heterocycles. The van der Waals surface area contributed by atoms with E-state index in [1.165, 1.54) is 12.4 Å². The van der Waals surface area contributed by atoms with Crippen LogP contribution in [0.3, 0.4) is 0 Å². The van der Waals surface area contributed by atoms with Crippen LogP contribution in [0.25, 0.3) is 0 Å². The Balaban J connectivity index is 1.75. The van der Waals surface area contributed by atoms with Gasteiger partial charge in [-0.2, -0.15) is 0 Å². The predicted octanol–water partition coefficient (Wildman–Crippen LogP) is 1.69. The summed E-state index contributed by atoms with van der Waals surface area (Å²) in [5.41, 5.74) is 6.52. The van der Waals surface area contributed by atoms with Gasteiger partial charge < -0.3 is 11.1 Å². The van der Waals surface area contributed by atoms with Crippen molar-refractivity contribution in [2.75, 3.05) is 5.32 Å². The van der Waals surface area contributed by atoms with Gasteiger partial charge >= 0.3 is 0 Å². The molecule has 3 saturated carbocycles. The molecule has 3 aliphatic carbocycles. The third kappa shape index (κ3) is 1.67. The molecule has 3 fully saturated rings. The van der Waals surface area contributed by atoms with Crippen molar-refractivity contribution in [1.82, 2.24) is 9.97 Å². The third-order valence-corrected chi connectivity index (χ3v) is 4.20. The van der Waals surface area contributed by atoms with Crippen molar-refractivity contribution in [2.24, 2.45) is 5.73 Å². The Bertz CT molecular complexity index is 392. The summed E-state index contributed by atoms with van der Waals surface area (Å²) >= 11 is 0. The van der Waals surface area contributed by atoms with E-state index in [4.69, 9.17) is 7.10 Å². The fourth-order valence-corrected chi connectivity index (χ4v) is 2.97. The Morgan fingerprint density at radius 1 is 1.12 bits per heavy atom. The van der Waals surface area contributed by atoms with Crippen LogP contribution in [0.1, 0.15) is 39.9 Å². The maximum atomic E-state index is 7.37. The maximum Gasteiger partial charge on any atom is 0.223 e. The fourth-order valence-electron chi connectivity index (χ4n) is 2.97. The predicted molar refractivity (Wildman–Crippen MR) is 63.0 cm³/mol. The number of rotatable bonds is 2. The lowest BCUT2D eigenvalue weighted by molar-refractivity contribution is 0.126. The minimum absolute atomic E-state index is 0.0926. The second-order valence-electron chi connectivity index (χ2n) is 5.27. The summed E-state index contributed by atoms with van der Waals surface area (Å²) in [6, 6.07) is 0.348. The molecule has 4 heteroatoms. The fraction of sp³-hybridized carbons (Fsp3) is 0.667. The minimum Gasteiger partial charge on any atom is -0.349 e. The van der Waals surface area contributed by atoms with E-state index in [1.807, 2.05) is 0 Å². The molecule has 0 saturated heterocycles. The van der Waals surface area contributed by atoms with Gasteiger partial charge in [0.15, 0.2) is 0 Å². The van der Waals surface area contributed by atoms with Gasteiger partial charge in [0.1, 0.15) is 0 Å². The highest BCUT2D eigenvalue weighted by atomic mass is 15.1. The van der Waals surface area contributed by atoms with Gasteiger partial charge in [-0.25, -0.2) is 9.97 Å². The first-order valence-corrected chi connectivity index (χ1v) is 5.95. The molecule has 0 aliphatic heterocycles. The quantitative estimate of drug-likeness (QED) is 0.794. The Morgan fingerprint density at radius 3 is 2.25 bits per heavy atom. The van der Waals surface area contributed by atoms with Gasteiger partial charge in [-0.3, -0.25) is 0 Å². The average Bonchev–Trinajstić information content (AvgIpc) is 2.35. The molecule has 1 heterocycles. The van der Waals surface area contributed by atoms with Crippen molar-refractivity contribution in [3.8, 4) is 0 Å². The number of aromatic nitrogens is 2. The van der Waals surface area contributed by atoms with Crippen LogP contribution in [0, 0.1) is 0 Å². The summed E-state index contributed by atoms with van der Waals surface area (Å²) in [6.45, 7) is 0. The van der Waals surface area contributed by atoms with E-state index < -0.39 is 0 Å². The second kappa shape index (κ2) is 3.42. The molecule has 4 rings (SSSR count). The zero-order chi connectivity index (χ0) is 11.9. The topological polar surface area (TPSA) is 63.8 Å². The molecule has 0 atom stereocenters. The molecule has 16 heavy (non-hydrogen) atoms. The minimum atomic E-state index is 0.0926. The molecule has 0 aromatic carbocycles. The highest BCUT2D eigenvalue weighted by Gasteiger charge is 2.46. The van der Waals surface area contributed by atoms with Crippen LogP contribution < -0.4 is 11.1 Å². The van der Waals surface area contributed by atoms with Gasteiger partial charge in [0, 0.05) is 23.5 Å². The van der Waals surface area contributed by atoms with Gasteiger partial charge in [-0.05, 0) is 44.6 Å². The van der Waals surface area contributed by atoms with Gasteiger partial charge in [-0.15, -0.1) is 0 Å². The van der Waals surface area contributed by atoms with Crippen LogP contribution in [-0.4, -0.2) is 21.0 Å². The molecule has 0 spiro atoms. The van der Waals surface area contributed by atoms with Gasteiger partial charge in [0.2, 0.25) is 5.95 Å². The Labute approximate surface area is 97.1 Å². The van der Waals surface area contributed by atoms with Crippen molar-refractivity contribution in [3.05, 3.63) is 18.4 Å². The van der Waals surface area contributed by atoms with E-state index in [-0.39, 0.29) is 11.1 Å². The van der Waals surface area contributed by atoms with E-state index >= 15 is 0 Å². The van der Waals surface area contributed by atoms with E-state index in [0.717, 1.165) is 38.5 Å². The lowest BCUT2D eigenvalue weighted by Gasteiger charge is -2.52. The molecule has 86 valence electrons. The molecular weight excluding hydrogens is 200 g/mol. The molecular formula is C12H18N4. The summed E-state index contributed by atoms with van der Waals surface area (Å²) in [6.07, 6.45) is 9.67. The zero-order valence-electron chi connectivity index (χ0n) is 10.4. The van der Waals surface area contributed by atoms with Crippen molar-refractivity contribution in [1.29, 1.82) is 0 Å². The van der Waals surface area contributed by atoms with Crippen molar-refractivity contribution < 1.29 is 1.37 Å². The van der Waals surface area contributed by atoms with E-state index in [2.05, 4.69) is 15.3 Å². The van der Waals surface area contributed by atoms with Crippen LogP contribution >= 0.6 is 0 Å². The van der Waals surface area contributed by atoms with Gasteiger partial charge in [0.25, 0.3) is 0 Å². The normalized spacial score (nSPS) is 38.2. The molecule has 2 bridgehead atoms. The SMILES string of the molecule is [2H]c1cnc(NC23CCC(N)(CC2)CC3)nc1. The number of nitrogens with zero attached hydrogens (tertiary/aromatic N) is 2. The Morgan fingerprint density at radius 2 is 1.69 bits per heavy atom. The summed E-state index contributed by atoms with van der Waals surface area (Å²) < 4.78 is 7.37. The molecule has 4 nitrogen and oxygen atoms in total. The smallest absolute Gasteiger partial charge is 0.223 e. The first-order chi connectivity index (χ1) is 8.09. The lowest BCUT2D eigenvalue weighted by atomic mass is 9.62. The molecule has 0 unspecified atom stereocenters. The summed E-state index contributed by atoms with van der Waals surface area (Å²) in [5, 5.41) is 3.47. The average molecular weight is 219 g/mol. The van der Waals surface area contributed by atoms with Crippen LogP contribution in [0.5, 0.6) is 0 Å². The summed E-state index contributed by atoms with van der Waals surface area (Å²) in [5.74, 6) is 0.646. The molecule has 3 aliphatic rings. The number of nitrogens with two attached hydrogens (primary N) is 1. The number of hydrogen-bond donors (Lipinski definition) is 2. The number of anilines is 1. The van der Waals surface area contributed by atoms with E-state index in [9.17, 15) is 0 Å². The number of nitrogens with one attached hydrogen (secondary N) is 1. The summed E-state index contributed by atoms with van der Waals surface area (Å²) in [7, 11) is 0. The molecule has 3 N–H and O–H groups in total. The highest BCUT2D eigenvalue weighted by molar-refractivity contribution is 5.30. The van der Waals surface area contributed by atoms with Crippen LogP contribution in [-0.2, 0) is 0 Å². The first-order valence-electron chi connectivity index (χ1n) is 6.45. The van der Waals surface area contributed by atoms with Gasteiger partial charge in [0.05, 0.1) is 1.37 Å². The Hall–Kier alpha value is -1.16. The monoisotopic (exact) mass is 219 g/mol. The summed E-state index contributed by atoms with van der Waals surface area (Å²) in [4.78, 5) is 8.32. The molecule has 0 radical (unpaired) electrons. The largest absolute Gasteiger partial charge is 0.349 e. The van der Waals surface area contributed by atoms with Crippen LogP contribution in [0.15, 0.2) is 18.4 Å². The van der Waals surface area contributed by atoms with Crippen molar-refractivity contribution in [2.45, 2.75) is 49.6 Å². The van der Waals surface area contributed by atoms with E-state index in [0.29, 0.717) is 12.0 Å². The van der Waals surface area contributed by atoms with Crippen molar-refractivity contribution in [3.63, 3.8) is 0 Å². The van der Waals surface area contributed by atoms with Crippen LogP contribution in [0.4, 0.5) is 5.95 Å². The second-order valence-corrected chi connectivity index (χ2v) is 5.27. The third-order valence-electron chi connectivity index (χ3n) is 4.20. The zero-order valence-corrected chi connectivity index (χ0v) is 9.37. The van der Waals surface area contributed by atoms with Gasteiger partial charge in [-0.1, -0.05) is 0 Å². The number of fused-ring (bicyclic) bond motifs is 3.